The molecule has 0 aliphatic carbocycles. The van der Waals surface area contributed by atoms with Crippen molar-refractivity contribution in [2.24, 2.45) is 0 Å². The molecule has 0 atom stereocenters. The molecular weight excluding hydrogens is 343 g/mol. The van der Waals surface area contributed by atoms with E-state index in [9.17, 15) is 13.2 Å². The molecule has 0 N–H and O–H groups in total. The van der Waals surface area contributed by atoms with E-state index in [-0.39, 0.29) is 5.75 Å². The number of likely N-dealkylation sites (tertiary alicyclic amines) is 1. The van der Waals surface area contributed by atoms with E-state index in [0.29, 0.717) is 12.6 Å². The normalized spacial score (nSPS) is 15.9. The highest BCUT2D eigenvalue weighted by Gasteiger charge is 2.32. The van der Waals surface area contributed by atoms with Gasteiger partial charge in [-0.25, -0.2) is 0 Å². The fourth-order valence-electron chi connectivity index (χ4n) is 3.22. The quantitative estimate of drug-likeness (QED) is 0.748. The lowest BCUT2D eigenvalue weighted by molar-refractivity contribution is -0.274. The molecule has 2 heterocycles. The van der Waals surface area contributed by atoms with Crippen LogP contribution in [0.5, 0.6) is 5.75 Å². The van der Waals surface area contributed by atoms with Crippen molar-refractivity contribution in [2.75, 3.05) is 19.6 Å². The SMILES string of the molecule is CCN(Cc1ccncc1)C1CN(Cc2cccc(OC(F)(F)F)c2)C1. The number of aromatic nitrogens is 1. The number of halogens is 3. The third kappa shape index (κ3) is 5.19. The lowest BCUT2D eigenvalue weighted by Gasteiger charge is -2.45. The van der Waals surface area contributed by atoms with Crippen LogP contribution in [0.25, 0.3) is 0 Å². The fraction of sp³-hybridized carbons (Fsp3) is 0.421. The number of alkyl halides is 3. The second kappa shape index (κ2) is 8.05. The van der Waals surface area contributed by atoms with E-state index in [1.807, 2.05) is 18.2 Å². The van der Waals surface area contributed by atoms with Crippen LogP contribution in [0.3, 0.4) is 0 Å². The predicted octanol–water partition coefficient (Wildman–Crippen LogP) is 3.69. The average Bonchev–Trinajstić information content (AvgIpc) is 2.56. The molecule has 1 fully saturated rings. The third-order valence-corrected chi connectivity index (χ3v) is 4.53. The summed E-state index contributed by atoms with van der Waals surface area (Å²) in [4.78, 5) is 8.68. The smallest absolute Gasteiger partial charge is 0.406 e. The van der Waals surface area contributed by atoms with Gasteiger partial charge in [-0.05, 0) is 41.9 Å². The Hall–Kier alpha value is -2.12. The van der Waals surface area contributed by atoms with Crippen molar-refractivity contribution in [1.82, 2.24) is 14.8 Å². The molecule has 1 saturated heterocycles. The van der Waals surface area contributed by atoms with Gasteiger partial charge in [0.05, 0.1) is 0 Å². The molecule has 1 aliphatic heterocycles. The molecule has 1 aromatic carbocycles. The number of rotatable bonds is 7. The maximum absolute atomic E-state index is 12.3. The van der Waals surface area contributed by atoms with Crippen molar-refractivity contribution in [3.8, 4) is 5.75 Å². The molecule has 3 rings (SSSR count). The summed E-state index contributed by atoms with van der Waals surface area (Å²) in [5, 5.41) is 0. The first-order valence-electron chi connectivity index (χ1n) is 8.63. The zero-order valence-corrected chi connectivity index (χ0v) is 14.6. The van der Waals surface area contributed by atoms with E-state index in [2.05, 4.69) is 26.4 Å². The van der Waals surface area contributed by atoms with E-state index in [4.69, 9.17) is 0 Å². The van der Waals surface area contributed by atoms with Gasteiger partial charge in [-0.15, -0.1) is 13.2 Å². The van der Waals surface area contributed by atoms with Crippen molar-refractivity contribution >= 4 is 0 Å². The van der Waals surface area contributed by atoms with E-state index in [1.165, 1.54) is 17.7 Å². The molecule has 2 aromatic rings. The summed E-state index contributed by atoms with van der Waals surface area (Å²) in [5.41, 5.74) is 2.06. The zero-order valence-electron chi connectivity index (χ0n) is 14.6. The van der Waals surface area contributed by atoms with Crippen molar-refractivity contribution in [3.05, 3.63) is 59.9 Å². The molecule has 4 nitrogen and oxygen atoms in total. The Labute approximate surface area is 151 Å². The van der Waals surface area contributed by atoms with Gasteiger partial charge in [0.2, 0.25) is 0 Å². The number of likely N-dealkylation sites (N-methyl/N-ethyl adjacent to an activating group) is 1. The monoisotopic (exact) mass is 365 g/mol. The topological polar surface area (TPSA) is 28.6 Å². The standard InChI is InChI=1S/C19H22F3N3O/c1-2-25(12-15-6-8-23-9-7-15)17-13-24(14-17)11-16-4-3-5-18(10-16)26-19(20,21)22/h3-10,17H,2,11-14H2,1H3. The number of hydrogen-bond acceptors (Lipinski definition) is 4. The second-order valence-corrected chi connectivity index (χ2v) is 6.46. The Morgan fingerprint density at radius 3 is 2.54 bits per heavy atom. The molecule has 26 heavy (non-hydrogen) atoms. The first kappa shape index (κ1) is 18.7. The summed E-state index contributed by atoms with van der Waals surface area (Å²) in [7, 11) is 0. The summed E-state index contributed by atoms with van der Waals surface area (Å²) in [6.45, 7) is 6.41. The largest absolute Gasteiger partial charge is 0.573 e. The first-order chi connectivity index (χ1) is 12.4. The van der Waals surface area contributed by atoms with Gasteiger partial charge in [-0.3, -0.25) is 14.8 Å². The van der Waals surface area contributed by atoms with Crippen LogP contribution in [0, 0.1) is 0 Å². The summed E-state index contributed by atoms with van der Waals surface area (Å²) < 4.78 is 41.0. The Balaban J connectivity index is 1.51. The molecular formula is C19H22F3N3O. The number of hydrogen-bond donors (Lipinski definition) is 0. The van der Waals surface area contributed by atoms with Gasteiger partial charge in [0.1, 0.15) is 5.75 Å². The summed E-state index contributed by atoms with van der Waals surface area (Å²) in [6.07, 6.45) is -1.06. The van der Waals surface area contributed by atoms with Gasteiger partial charge < -0.3 is 4.74 Å². The third-order valence-electron chi connectivity index (χ3n) is 4.53. The number of ether oxygens (including phenoxy) is 1. The van der Waals surface area contributed by atoms with E-state index < -0.39 is 6.36 Å². The maximum atomic E-state index is 12.3. The van der Waals surface area contributed by atoms with Gasteiger partial charge in [0, 0.05) is 44.6 Å². The van der Waals surface area contributed by atoms with Crippen LogP contribution in [-0.2, 0) is 13.1 Å². The highest BCUT2D eigenvalue weighted by atomic mass is 19.4. The molecule has 7 heteroatoms. The Morgan fingerprint density at radius 1 is 1.15 bits per heavy atom. The lowest BCUT2D eigenvalue weighted by atomic mass is 10.0. The summed E-state index contributed by atoms with van der Waals surface area (Å²) in [6, 6.07) is 10.7. The molecule has 0 spiro atoms. The van der Waals surface area contributed by atoms with Crippen LogP contribution >= 0.6 is 0 Å². The van der Waals surface area contributed by atoms with Crippen LogP contribution in [0.1, 0.15) is 18.1 Å². The Bertz CT molecular complexity index is 703. The van der Waals surface area contributed by atoms with Crippen LogP contribution < -0.4 is 4.74 Å². The van der Waals surface area contributed by atoms with Gasteiger partial charge >= 0.3 is 6.36 Å². The molecule has 1 aromatic heterocycles. The minimum absolute atomic E-state index is 0.167. The maximum Gasteiger partial charge on any atom is 0.573 e. The van der Waals surface area contributed by atoms with Crippen molar-refractivity contribution in [3.63, 3.8) is 0 Å². The fourth-order valence-corrected chi connectivity index (χ4v) is 3.22. The van der Waals surface area contributed by atoms with E-state index >= 15 is 0 Å². The number of nitrogens with zero attached hydrogens (tertiary/aromatic N) is 3. The lowest BCUT2D eigenvalue weighted by Crippen LogP contribution is -2.58. The van der Waals surface area contributed by atoms with Crippen molar-refractivity contribution in [2.45, 2.75) is 32.4 Å². The van der Waals surface area contributed by atoms with Gasteiger partial charge in [0.15, 0.2) is 0 Å². The van der Waals surface area contributed by atoms with E-state index in [0.717, 1.165) is 31.7 Å². The molecule has 0 bridgehead atoms. The van der Waals surface area contributed by atoms with Gasteiger partial charge in [-0.2, -0.15) is 0 Å². The Morgan fingerprint density at radius 2 is 1.88 bits per heavy atom. The minimum Gasteiger partial charge on any atom is -0.406 e. The Kier molecular flexibility index (Phi) is 5.78. The van der Waals surface area contributed by atoms with Crippen molar-refractivity contribution < 1.29 is 17.9 Å². The van der Waals surface area contributed by atoms with Crippen molar-refractivity contribution in [1.29, 1.82) is 0 Å². The molecule has 0 unspecified atom stereocenters. The van der Waals surface area contributed by atoms with Crippen LogP contribution in [0.2, 0.25) is 0 Å². The zero-order chi connectivity index (χ0) is 18.6. The highest BCUT2D eigenvalue weighted by molar-refractivity contribution is 5.28. The van der Waals surface area contributed by atoms with Gasteiger partial charge in [0.25, 0.3) is 0 Å². The molecule has 0 radical (unpaired) electrons. The van der Waals surface area contributed by atoms with Crippen LogP contribution in [0.4, 0.5) is 13.2 Å². The first-order valence-corrected chi connectivity index (χ1v) is 8.63. The van der Waals surface area contributed by atoms with Crippen LogP contribution in [-0.4, -0.2) is 46.8 Å². The summed E-state index contributed by atoms with van der Waals surface area (Å²) >= 11 is 0. The predicted molar refractivity (Wildman–Crippen MR) is 92.5 cm³/mol. The molecule has 0 amide bonds. The highest BCUT2D eigenvalue weighted by Crippen LogP contribution is 2.25. The van der Waals surface area contributed by atoms with Gasteiger partial charge in [-0.1, -0.05) is 19.1 Å². The molecule has 1 aliphatic rings. The van der Waals surface area contributed by atoms with Crippen LogP contribution in [0.15, 0.2) is 48.8 Å². The molecule has 140 valence electrons. The number of benzene rings is 1. The average molecular weight is 365 g/mol. The second-order valence-electron chi connectivity index (χ2n) is 6.46. The van der Waals surface area contributed by atoms with E-state index in [1.54, 1.807) is 18.5 Å². The number of pyridine rings is 1. The summed E-state index contributed by atoms with van der Waals surface area (Å²) in [5.74, 6) is -0.167. The molecule has 0 saturated carbocycles. The minimum atomic E-state index is -4.66.